The van der Waals surface area contributed by atoms with Crippen molar-refractivity contribution in [1.82, 2.24) is 14.8 Å². The lowest BCUT2D eigenvalue weighted by atomic mass is 10.1. The summed E-state index contributed by atoms with van der Waals surface area (Å²) in [5.74, 6) is -0.0577. The van der Waals surface area contributed by atoms with Crippen molar-refractivity contribution in [3.8, 4) is 0 Å². The molecule has 7 heteroatoms. The van der Waals surface area contributed by atoms with E-state index in [1.807, 2.05) is 34.6 Å². The number of nitrogens with zero attached hydrogens (tertiary/aromatic N) is 3. The predicted molar refractivity (Wildman–Crippen MR) is 95.0 cm³/mol. The van der Waals surface area contributed by atoms with Gasteiger partial charge in [0.2, 0.25) is 0 Å². The van der Waals surface area contributed by atoms with E-state index in [2.05, 4.69) is 20.9 Å². The van der Waals surface area contributed by atoms with Crippen LogP contribution in [0.15, 0.2) is 16.7 Å². The molecule has 1 aliphatic rings. The van der Waals surface area contributed by atoms with Crippen LogP contribution >= 0.6 is 15.9 Å². The Morgan fingerprint density at radius 3 is 2.58 bits per heavy atom. The Kier molecular flexibility index (Phi) is 5.52. The molecule has 0 spiro atoms. The minimum absolute atomic E-state index is 0.0577. The maximum Gasteiger partial charge on any atom is 0.410 e. The molecule has 2 amide bonds. The van der Waals surface area contributed by atoms with Gasteiger partial charge >= 0.3 is 6.09 Å². The standard InChI is InChI=1S/C17H24BrN3O3/c1-11-10-20(16(23)24-17(3,4)5)6-7-21(11)15(22)14-8-13(18)9-19-12(14)2/h8-9,11H,6-7,10H2,1-5H3/t11-/m0/s1. The summed E-state index contributed by atoms with van der Waals surface area (Å²) >= 11 is 3.36. The van der Waals surface area contributed by atoms with Crippen molar-refractivity contribution < 1.29 is 14.3 Å². The van der Waals surface area contributed by atoms with Gasteiger partial charge in [0.05, 0.1) is 11.3 Å². The van der Waals surface area contributed by atoms with Crippen molar-refractivity contribution in [2.75, 3.05) is 19.6 Å². The molecule has 1 fully saturated rings. The van der Waals surface area contributed by atoms with Crippen LogP contribution in [0.25, 0.3) is 0 Å². The summed E-state index contributed by atoms with van der Waals surface area (Å²) < 4.78 is 6.18. The molecule has 0 aromatic carbocycles. The van der Waals surface area contributed by atoms with Gasteiger partial charge in [0.1, 0.15) is 5.60 Å². The average Bonchev–Trinajstić information content (AvgIpc) is 2.47. The van der Waals surface area contributed by atoms with E-state index in [-0.39, 0.29) is 18.0 Å². The molecule has 0 bridgehead atoms. The molecule has 2 rings (SSSR count). The van der Waals surface area contributed by atoms with Crippen LogP contribution in [0.2, 0.25) is 0 Å². The number of hydrogen-bond acceptors (Lipinski definition) is 4. The van der Waals surface area contributed by atoms with Gasteiger partial charge in [-0.1, -0.05) is 0 Å². The Balaban J connectivity index is 2.07. The summed E-state index contributed by atoms with van der Waals surface area (Å²) in [6.07, 6.45) is 1.34. The number of rotatable bonds is 1. The van der Waals surface area contributed by atoms with Gasteiger partial charge in [0.25, 0.3) is 5.91 Å². The monoisotopic (exact) mass is 397 g/mol. The van der Waals surface area contributed by atoms with E-state index < -0.39 is 5.60 Å². The maximum absolute atomic E-state index is 12.8. The number of aryl methyl sites for hydroxylation is 1. The van der Waals surface area contributed by atoms with E-state index >= 15 is 0 Å². The highest BCUT2D eigenvalue weighted by Gasteiger charge is 2.33. The highest BCUT2D eigenvalue weighted by Crippen LogP contribution is 2.20. The molecule has 0 aliphatic carbocycles. The topological polar surface area (TPSA) is 62.7 Å². The van der Waals surface area contributed by atoms with Crippen LogP contribution in [0, 0.1) is 6.92 Å². The van der Waals surface area contributed by atoms with Crippen LogP contribution in [0.1, 0.15) is 43.7 Å². The van der Waals surface area contributed by atoms with Gasteiger partial charge in [0, 0.05) is 36.3 Å². The molecule has 132 valence electrons. The lowest BCUT2D eigenvalue weighted by Crippen LogP contribution is -2.56. The van der Waals surface area contributed by atoms with Crippen molar-refractivity contribution in [3.63, 3.8) is 0 Å². The van der Waals surface area contributed by atoms with Crippen LogP contribution in [0.4, 0.5) is 4.79 Å². The summed E-state index contributed by atoms with van der Waals surface area (Å²) in [7, 11) is 0. The molecule has 1 atom stereocenters. The van der Waals surface area contributed by atoms with Crippen LogP contribution in [0.5, 0.6) is 0 Å². The number of ether oxygens (including phenoxy) is 1. The van der Waals surface area contributed by atoms with Crippen LogP contribution in [-0.4, -0.2) is 58.1 Å². The highest BCUT2D eigenvalue weighted by molar-refractivity contribution is 9.10. The molecule has 0 N–H and O–H groups in total. The molecular weight excluding hydrogens is 374 g/mol. The Hall–Kier alpha value is -1.63. The van der Waals surface area contributed by atoms with E-state index in [9.17, 15) is 9.59 Å². The predicted octanol–water partition coefficient (Wildman–Crippen LogP) is 3.23. The zero-order valence-corrected chi connectivity index (χ0v) is 16.4. The van der Waals surface area contributed by atoms with Crippen LogP contribution in [0.3, 0.4) is 0 Å². The summed E-state index contributed by atoms with van der Waals surface area (Å²) in [6.45, 7) is 10.7. The molecule has 6 nitrogen and oxygen atoms in total. The molecule has 0 unspecified atom stereocenters. The van der Waals surface area contributed by atoms with E-state index in [0.717, 1.165) is 4.47 Å². The first-order chi connectivity index (χ1) is 11.1. The fourth-order valence-electron chi connectivity index (χ4n) is 2.63. The fourth-order valence-corrected chi connectivity index (χ4v) is 2.96. The van der Waals surface area contributed by atoms with Gasteiger partial charge in [-0.15, -0.1) is 0 Å². The SMILES string of the molecule is Cc1ncc(Br)cc1C(=O)N1CCN(C(=O)OC(C)(C)C)C[C@@H]1C. The quantitative estimate of drug-likeness (QED) is 0.729. The Morgan fingerprint density at radius 1 is 1.33 bits per heavy atom. The maximum atomic E-state index is 12.8. The number of aromatic nitrogens is 1. The number of carbonyl (C=O) groups excluding carboxylic acids is 2. The molecule has 24 heavy (non-hydrogen) atoms. The minimum atomic E-state index is -0.521. The van der Waals surface area contributed by atoms with Crippen LogP contribution in [-0.2, 0) is 4.74 Å². The van der Waals surface area contributed by atoms with E-state index in [1.165, 1.54) is 0 Å². The molecular formula is C17H24BrN3O3. The Bertz CT molecular complexity index is 642. The van der Waals surface area contributed by atoms with Gasteiger partial charge < -0.3 is 14.5 Å². The smallest absolute Gasteiger partial charge is 0.410 e. The molecule has 0 radical (unpaired) electrons. The van der Waals surface area contributed by atoms with Crippen LogP contribution < -0.4 is 0 Å². The second-order valence-corrected chi connectivity index (χ2v) is 7.98. The van der Waals surface area contributed by atoms with Crippen molar-refractivity contribution in [2.45, 2.75) is 46.3 Å². The van der Waals surface area contributed by atoms with Gasteiger partial charge in [0.15, 0.2) is 0 Å². The zero-order chi connectivity index (χ0) is 18.1. The van der Waals surface area contributed by atoms with E-state index in [0.29, 0.717) is 30.9 Å². The summed E-state index contributed by atoms with van der Waals surface area (Å²) in [5, 5.41) is 0. The van der Waals surface area contributed by atoms with Crippen molar-refractivity contribution in [2.24, 2.45) is 0 Å². The molecule has 1 saturated heterocycles. The Morgan fingerprint density at radius 2 is 2.00 bits per heavy atom. The molecule has 1 aromatic rings. The summed E-state index contributed by atoms with van der Waals surface area (Å²) in [6, 6.07) is 1.70. The highest BCUT2D eigenvalue weighted by atomic mass is 79.9. The normalized spacial score (nSPS) is 18.5. The van der Waals surface area contributed by atoms with Gasteiger partial charge in [-0.3, -0.25) is 9.78 Å². The molecule has 2 heterocycles. The third-order valence-corrected chi connectivity index (χ3v) is 4.26. The first kappa shape index (κ1) is 18.7. The van der Waals surface area contributed by atoms with Gasteiger partial charge in [-0.25, -0.2) is 4.79 Å². The third kappa shape index (κ3) is 4.47. The number of piperazine rings is 1. The molecule has 1 aliphatic heterocycles. The second-order valence-electron chi connectivity index (χ2n) is 7.06. The molecule has 1 aromatic heterocycles. The first-order valence-electron chi connectivity index (χ1n) is 7.99. The van der Waals surface area contributed by atoms with Crippen molar-refractivity contribution in [1.29, 1.82) is 0 Å². The number of amides is 2. The molecule has 0 saturated carbocycles. The zero-order valence-electron chi connectivity index (χ0n) is 14.8. The van der Waals surface area contributed by atoms with E-state index in [1.54, 1.807) is 22.1 Å². The third-order valence-electron chi connectivity index (χ3n) is 3.82. The largest absolute Gasteiger partial charge is 0.444 e. The second kappa shape index (κ2) is 7.09. The summed E-state index contributed by atoms with van der Waals surface area (Å²) in [4.78, 5) is 32.7. The van der Waals surface area contributed by atoms with Crippen molar-refractivity contribution in [3.05, 3.63) is 28.0 Å². The van der Waals surface area contributed by atoms with Crippen molar-refractivity contribution >= 4 is 27.9 Å². The number of halogens is 1. The van der Waals surface area contributed by atoms with Gasteiger partial charge in [-0.2, -0.15) is 0 Å². The minimum Gasteiger partial charge on any atom is -0.444 e. The average molecular weight is 398 g/mol. The lowest BCUT2D eigenvalue weighted by molar-refractivity contribution is 0.00614. The summed E-state index contributed by atoms with van der Waals surface area (Å²) in [5.41, 5.74) is 0.763. The number of carbonyl (C=O) groups is 2. The number of pyridine rings is 1. The van der Waals surface area contributed by atoms with E-state index in [4.69, 9.17) is 4.74 Å². The first-order valence-corrected chi connectivity index (χ1v) is 8.79. The lowest BCUT2D eigenvalue weighted by Gasteiger charge is -2.40. The van der Waals surface area contributed by atoms with Gasteiger partial charge in [-0.05, 0) is 56.6 Å². The number of hydrogen-bond donors (Lipinski definition) is 0. The fraction of sp³-hybridized carbons (Fsp3) is 0.588. The Labute approximate surface area is 151 Å².